The minimum atomic E-state index is -0.895. The maximum absolute atomic E-state index is 11.3. The highest BCUT2D eigenvalue weighted by Crippen LogP contribution is 2.30. The molecule has 0 aliphatic heterocycles. The molecule has 0 saturated heterocycles. The molecule has 4 heteroatoms. The second-order valence-electron chi connectivity index (χ2n) is 4.16. The number of hydrogen-bond acceptors (Lipinski definition) is 3. The molecule has 0 fully saturated rings. The van der Waals surface area contributed by atoms with Gasteiger partial charge >= 0.3 is 5.97 Å². The Morgan fingerprint density at radius 3 is 2.72 bits per heavy atom. The Bertz CT molecular complexity index is 575. The number of benzene rings is 1. The van der Waals surface area contributed by atoms with Crippen molar-refractivity contribution < 1.29 is 9.90 Å². The molecule has 0 amide bonds. The van der Waals surface area contributed by atoms with Crippen LogP contribution in [0.2, 0.25) is 0 Å². The first-order valence-electron chi connectivity index (χ1n) is 5.92. The molecular formula is C14H15NO2S. The lowest BCUT2D eigenvalue weighted by atomic mass is 10.1. The predicted molar refractivity (Wildman–Crippen MR) is 73.2 cm³/mol. The highest BCUT2D eigenvalue weighted by atomic mass is 32.1. The summed E-state index contributed by atoms with van der Waals surface area (Å²) in [6.45, 7) is 4.04. The Labute approximate surface area is 110 Å². The molecular weight excluding hydrogens is 246 g/mol. The van der Waals surface area contributed by atoms with Crippen LogP contribution >= 0.6 is 11.3 Å². The van der Waals surface area contributed by atoms with Gasteiger partial charge in [0.25, 0.3) is 0 Å². The molecule has 94 valence electrons. The summed E-state index contributed by atoms with van der Waals surface area (Å²) in [5.74, 6) is -0.895. The van der Waals surface area contributed by atoms with Crippen LogP contribution in [0.25, 0.3) is 11.3 Å². The van der Waals surface area contributed by atoms with Gasteiger partial charge in [-0.3, -0.25) is 0 Å². The molecule has 0 aliphatic carbocycles. The van der Waals surface area contributed by atoms with Crippen LogP contribution in [0.5, 0.6) is 0 Å². The molecule has 1 N–H and O–H groups in total. The van der Waals surface area contributed by atoms with Gasteiger partial charge in [0.15, 0.2) is 0 Å². The zero-order valence-electron chi connectivity index (χ0n) is 10.4. The Balaban J connectivity index is 2.55. The lowest BCUT2D eigenvalue weighted by Gasteiger charge is -2.02. The van der Waals surface area contributed by atoms with Gasteiger partial charge in [-0.2, -0.15) is 0 Å². The first-order chi connectivity index (χ1) is 8.63. The summed E-state index contributed by atoms with van der Waals surface area (Å²) >= 11 is 1.29. The van der Waals surface area contributed by atoms with Crippen LogP contribution < -0.4 is 0 Å². The number of aromatic nitrogens is 1. The number of nitrogens with zero attached hydrogens (tertiary/aromatic N) is 1. The number of thiazole rings is 1. The molecule has 0 radical (unpaired) electrons. The fraction of sp³-hybridized carbons (Fsp3) is 0.286. The van der Waals surface area contributed by atoms with Gasteiger partial charge in [-0.15, -0.1) is 11.3 Å². The van der Waals surface area contributed by atoms with Crippen molar-refractivity contribution in [3.8, 4) is 11.3 Å². The molecule has 1 heterocycles. The second kappa shape index (κ2) is 5.31. The maximum Gasteiger partial charge on any atom is 0.348 e. The molecule has 0 spiro atoms. The first kappa shape index (κ1) is 12.8. The van der Waals surface area contributed by atoms with Gasteiger partial charge < -0.3 is 5.11 Å². The van der Waals surface area contributed by atoms with Crippen molar-refractivity contribution in [3.63, 3.8) is 0 Å². The summed E-state index contributed by atoms with van der Waals surface area (Å²) in [5.41, 5.74) is 2.57. The molecule has 3 nitrogen and oxygen atoms in total. The standard InChI is InChI=1S/C14H15NO2S/c1-3-6-11-15-12(13(18-11)14(16)17)10-8-5-4-7-9(10)2/h4-5,7-8H,3,6H2,1-2H3,(H,16,17). The zero-order chi connectivity index (χ0) is 13.1. The highest BCUT2D eigenvalue weighted by Gasteiger charge is 2.19. The smallest absolute Gasteiger partial charge is 0.348 e. The van der Waals surface area contributed by atoms with E-state index in [0.29, 0.717) is 10.6 Å². The third-order valence-electron chi connectivity index (χ3n) is 2.73. The van der Waals surface area contributed by atoms with Crippen molar-refractivity contribution >= 4 is 17.3 Å². The van der Waals surface area contributed by atoms with Crippen LogP contribution in [0.1, 0.15) is 33.6 Å². The van der Waals surface area contributed by atoms with Crippen LogP contribution in [-0.2, 0) is 6.42 Å². The lowest BCUT2D eigenvalue weighted by Crippen LogP contribution is -1.96. The summed E-state index contributed by atoms with van der Waals surface area (Å²) in [6.07, 6.45) is 1.80. The van der Waals surface area contributed by atoms with E-state index in [4.69, 9.17) is 0 Å². The minimum absolute atomic E-state index is 0.341. The van der Waals surface area contributed by atoms with Gasteiger partial charge in [0, 0.05) is 5.56 Å². The van der Waals surface area contributed by atoms with Crippen molar-refractivity contribution in [1.29, 1.82) is 0 Å². The van der Waals surface area contributed by atoms with E-state index in [1.54, 1.807) is 0 Å². The number of carboxylic acids is 1. The van der Waals surface area contributed by atoms with Gasteiger partial charge in [0.1, 0.15) is 4.88 Å². The molecule has 0 saturated carbocycles. The number of aromatic carboxylic acids is 1. The topological polar surface area (TPSA) is 50.2 Å². The van der Waals surface area contributed by atoms with Crippen molar-refractivity contribution in [2.75, 3.05) is 0 Å². The minimum Gasteiger partial charge on any atom is -0.477 e. The molecule has 18 heavy (non-hydrogen) atoms. The predicted octanol–water partition coefficient (Wildman–Crippen LogP) is 3.77. The van der Waals surface area contributed by atoms with E-state index < -0.39 is 5.97 Å². The van der Waals surface area contributed by atoms with Crippen LogP contribution in [0.15, 0.2) is 24.3 Å². The number of carbonyl (C=O) groups is 1. The fourth-order valence-electron chi connectivity index (χ4n) is 1.85. The van der Waals surface area contributed by atoms with E-state index in [2.05, 4.69) is 11.9 Å². The normalized spacial score (nSPS) is 10.6. The van der Waals surface area contributed by atoms with Crippen LogP contribution in [-0.4, -0.2) is 16.1 Å². The average Bonchev–Trinajstić information content (AvgIpc) is 2.74. The van der Waals surface area contributed by atoms with E-state index in [-0.39, 0.29) is 0 Å². The maximum atomic E-state index is 11.3. The number of aryl methyl sites for hydroxylation is 2. The Morgan fingerprint density at radius 1 is 1.39 bits per heavy atom. The Morgan fingerprint density at radius 2 is 2.11 bits per heavy atom. The molecule has 2 rings (SSSR count). The summed E-state index contributed by atoms with van der Waals surface area (Å²) in [6, 6.07) is 7.75. The molecule has 0 bridgehead atoms. The van der Waals surface area contributed by atoms with Gasteiger partial charge in [-0.1, -0.05) is 31.2 Å². The quantitative estimate of drug-likeness (QED) is 0.911. The molecule has 2 aromatic rings. The van der Waals surface area contributed by atoms with Crippen molar-refractivity contribution in [3.05, 3.63) is 39.7 Å². The van der Waals surface area contributed by atoms with Gasteiger partial charge in [0.2, 0.25) is 0 Å². The summed E-state index contributed by atoms with van der Waals surface area (Å²) in [7, 11) is 0. The zero-order valence-corrected chi connectivity index (χ0v) is 11.3. The van der Waals surface area contributed by atoms with Gasteiger partial charge in [-0.25, -0.2) is 9.78 Å². The monoisotopic (exact) mass is 261 g/mol. The molecule has 0 unspecified atom stereocenters. The van der Waals surface area contributed by atoms with E-state index in [1.807, 2.05) is 31.2 Å². The number of carboxylic acid groups (broad SMARTS) is 1. The highest BCUT2D eigenvalue weighted by molar-refractivity contribution is 7.14. The van der Waals surface area contributed by atoms with E-state index in [0.717, 1.165) is 29.0 Å². The number of rotatable bonds is 4. The van der Waals surface area contributed by atoms with Crippen molar-refractivity contribution in [2.24, 2.45) is 0 Å². The van der Waals surface area contributed by atoms with Crippen LogP contribution in [0.3, 0.4) is 0 Å². The van der Waals surface area contributed by atoms with Crippen LogP contribution in [0, 0.1) is 6.92 Å². The van der Waals surface area contributed by atoms with Crippen molar-refractivity contribution in [2.45, 2.75) is 26.7 Å². The molecule has 1 aromatic heterocycles. The molecule has 0 atom stereocenters. The largest absolute Gasteiger partial charge is 0.477 e. The SMILES string of the molecule is CCCc1nc(-c2ccccc2C)c(C(=O)O)s1. The lowest BCUT2D eigenvalue weighted by molar-refractivity contribution is 0.0702. The van der Waals surface area contributed by atoms with Crippen molar-refractivity contribution in [1.82, 2.24) is 4.98 Å². The van der Waals surface area contributed by atoms with E-state index in [1.165, 1.54) is 11.3 Å². The Hall–Kier alpha value is -1.68. The van der Waals surface area contributed by atoms with Gasteiger partial charge in [0.05, 0.1) is 10.7 Å². The number of hydrogen-bond donors (Lipinski definition) is 1. The summed E-state index contributed by atoms with van der Waals surface area (Å²) in [4.78, 5) is 16.1. The third-order valence-corrected chi connectivity index (χ3v) is 3.83. The summed E-state index contributed by atoms with van der Waals surface area (Å²) in [5, 5.41) is 10.2. The average molecular weight is 261 g/mol. The van der Waals surface area contributed by atoms with Crippen LogP contribution in [0.4, 0.5) is 0 Å². The molecule has 1 aromatic carbocycles. The van der Waals surface area contributed by atoms with E-state index >= 15 is 0 Å². The first-order valence-corrected chi connectivity index (χ1v) is 6.74. The Kier molecular flexibility index (Phi) is 3.77. The second-order valence-corrected chi connectivity index (χ2v) is 5.24. The molecule has 0 aliphatic rings. The summed E-state index contributed by atoms with van der Waals surface area (Å²) < 4.78 is 0. The third kappa shape index (κ3) is 2.43. The van der Waals surface area contributed by atoms with E-state index in [9.17, 15) is 9.90 Å². The van der Waals surface area contributed by atoms with Gasteiger partial charge in [-0.05, 0) is 25.3 Å². The fourth-order valence-corrected chi connectivity index (χ4v) is 2.87.